The molecule has 0 fully saturated rings. The van der Waals surface area contributed by atoms with Crippen molar-refractivity contribution in [2.24, 2.45) is 5.84 Å². The summed E-state index contributed by atoms with van der Waals surface area (Å²) in [4.78, 5) is 3.90. The summed E-state index contributed by atoms with van der Waals surface area (Å²) in [6.45, 7) is 0. The third-order valence-electron chi connectivity index (χ3n) is 2.75. The molecule has 3 N–H and O–H groups in total. The number of methoxy groups -OCH3 is 1. The summed E-state index contributed by atoms with van der Waals surface area (Å²) in [5.74, 6) is 4.30. The molecule has 0 spiro atoms. The van der Waals surface area contributed by atoms with Crippen LogP contribution in [-0.2, 0) is 0 Å². The smallest absolute Gasteiger partial charge is 0.170 e. The normalized spacial score (nSPS) is 12.2. The van der Waals surface area contributed by atoms with Crippen LogP contribution in [0.15, 0.2) is 36.5 Å². The minimum atomic E-state index is -0.892. The van der Waals surface area contributed by atoms with E-state index in [9.17, 15) is 8.78 Å². The van der Waals surface area contributed by atoms with E-state index in [0.29, 0.717) is 0 Å². The van der Waals surface area contributed by atoms with E-state index >= 15 is 0 Å². The fraction of sp³-hybridized carbons (Fsp3) is 0.154. The second kappa shape index (κ2) is 5.73. The van der Waals surface area contributed by atoms with Crippen molar-refractivity contribution in [3.63, 3.8) is 0 Å². The molecule has 0 aliphatic carbocycles. The van der Waals surface area contributed by atoms with Gasteiger partial charge in [0, 0.05) is 11.8 Å². The number of pyridine rings is 1. The third-order valence-corrected chi connectivity index (χ3v) is 2.75. The number of hydrazine groups is 1. The van der Waals surface area contributed by atoms with Gasteiger partial charge in [0.1, 0.15) is 5.82 Å². The minimum absolute atomic E-state index is 0.0251. The molecule has 0 amide bonds. The molecule has 1 heterocycles. The lowest BCUT2D eigenvalue weighted by Gasteiger charge is -2.18. The van der Waals surface area contributed by atoms with Crippen LogP contribution in [0.25, 0.3) is 0 Å². The maximum absolute atomic E-state index is 14.2. The Morgan fingerprint density at radius 1 is 1.26 bits per heavy atom. The van der Waals surface area contributed by atoms with Crippen molar-refractivity contribution in [3.05, 3.63) is 59.4 Å². The lowest BCUT2D eigenvalue weighted by molar-refractivity contribution is 0.381. The lowest BCUT2D eigenvalue weighted by Crippen LogP contribution is -2.31. The molecule has 1 atom stereocenters. The lowest BCUT2D eigenvalue weighted by atomic mass is 10.0. The van der Waals surface area contributed by atoms with Crippen LogP contribution >= 0.6 is 0 Å². The Hall–Kier alpha value is -2.05. The van der Waals surface area contributed by atoms with Crippen molar-refractivity contribution < 1.29 is 13.5 Å². The standard InChI is InChI=1S/C13H13F2N3O/c1-19-10-6-2-4-8(11(10)15)12(18-16)13-9(14)5-3-7-17-13/h2-7,12,18H,16H2,1H3. The van der Waals surface area contributed by atoms with Crippen molar-refractivity contribution in [1.29, 1.82) is 0 Å². The van der Waals surface area contributed by atoms with Crippen LogP contribution in [0.2, 0.25) is 0 Å². The maximum atomic E-state index is 14.2. The average molecular weight is 265 g/mol. The summed E-state index contributed by atoms with van der Waals surface area (Å²) in [5.41, 5.74) is 2.56. The second-order valence-corrected chi connectivity index (χ2v) is 3.83. The summed E-state index contributed by atoms with van der Waals surface area (Å²) in [6, 6.07) is 6.37. The molecule has 0 aliphatic rings. The number of hydrogen-bond donors (Lipinski definition) is 2. The highest BCUT2D eigenvalue weighted by Gasteiger charge is 2.22. The summed E-state index contributed by atoms with van der Waals surface area (Å²) < 4.78 is 32.8. The average Bonchev–Trinajstić information content (AvgIpc) is 2.43. The molecule has 1 aromatic carbocycles. The van der Waals surface area contributed by atoms with Gasteiger partial charge in [-0.3, -0.25) is 10.8 Å². The van der Waals surface area contributed by atoms with Crippen LogP contribution in [0.3, 0.4) is 0 Å². The van der Waals surface area contributed by atoms with E-state index in [1.54, 1.807) is 6.07 Å². The second-order valence-electron chi connectivity index (χ2n) is 3.83. The van der Waals surface area contributed by atoms with Crippen molar-refractivity contribution in [1.82, 2.24) is 10.4 Å². The largest absolute Gasteiger partial charge is 0.494 e. The van der Waals surface area contributed by atoms with Gasteiger partial charge in [-0.1, -0.05) is 12.1 Å². The highest BCUT2D eigenvalue weighted by atomic mass is 19.1. The monoisotopic (exact) mass is 265 g/mol. The number of ether oxygens (including phenoxy) is 1. The highest BCUT2D eigenvalue weighted by molar-refractivity contribution is 5.36. The number of nitrogens with two attached hydrogens (primary N) is 1. The van der Waals surface area contributed by atoms with Crippen molar-refractivity contribution in [2.45, 2.75) is 6.04 Å². The van der Waals surface area contributed by atoms with Gasteiger partial charge in [-0.05, 0) is 18.2 Å². The predicted octanol–water partition coefficient (Wildman–Crippen LogP) is 1.92. The first-order valence-corrected chi connectivity index (χ1v) is 5.58. The predicted molar refractivity (Wildman–Crippen MR) is 66.3 cm³/mol. The van der Waals surface area contributed by atoms with Crippen LogP contribution in [0, 0.1) is 11.6 Å². The Morgan fingerprint density at radius 2 is 2.05 bits per heavy atom. The summed E-state index contributed by atoms with van der Waals surface area (Å²) in [7, 11) is 1.36. The maximum Gasteiger partial charge on any atom is 0.170 e. The molecule has 0 aliphatic heterocycles. The number of halogens is 2. The van der Waals surface area contributed by atoms with Crippen LogP contribution in [0.1, 0.15) is 17.3 Å². The molecular weight excluding hydrogens is 252 g/mol. The summed E-state index contributed by atoms with van der Waals surface area (Å²) >= 11 is 0. The Balaban J connectivity index is 2.52. The van der Waals surface area contributed by atoms with Crippen molar-refractivity contribution in [3.8, 4) is 5.75 Å². The zero-order valence-electron chi connectivity index (χ0n) is 10.2. The van der Waals surface area contributed by atoms with E-state index in [1.165, 1.54) is 37.6 Å². The van der Waals surface area contributed by atoms with Gasteiger partial charge < -0.3 is 4.74 Å². The fourth-order valence-corrected chi connectivity index (χ4v) is 1.83. The number of nitrogens with one attached hydrogen (secondary N) is 1. The van der Waals surface area contributed by atoms with Gasteiger partial charge in [0.15, 0.2) is 11.6 Å². The van der Waals surface area contributed by atoms with E-state index in [0.717, 1.165) is 0 Å². The molecule has 1 aromatic heterocycles. The zero-order chi connectivity index (χ0) is 13.8. The molecule has 0 saturated carbocycles. The van der Waals surface area contributed by atoms with Gasteiger partial charge in [-0.2, -0.15) is 0 Å². The van der Waals surface area contributed by atoms with Gasteiger partial charge in [-0.25, -0.2) is 14.2 Å². The van der Waals surface area contributed by atoms with Crippen molar-refractivity contribution >= 4 is 0 Å². The molecular formula is C13H13F2N3O. The van der Waals surface area contributed by atoms with E-state index in [4.69, 9.17) is 10.6 Å². The first kappa shape index (κ1) is 13.4. The van der Waals surface area contributed by atoms with Gasteiger partial charge in [0.25, 0.3) is 0 Å². The number of rotatable bonds is 4. The van der Waals surface area contributed by atoms with Gasteiger partial charge in [0.2, 0.25) is 0 Å². The van der Waals surface area contributed by atoms with E-state index in [-0.39, 0.29) is 17.0 Å². The Morgan fingerprint density at radius 3 is 2.68 bits per heavy atom. The molecule has 19 heavy (non-hydrogen) atoms. The highest BCUT2D eigenvalue weighted by Crippen LogP contribution is 2.28. The summed E-state index contributed by atoms with van der Waals surface area (Å²) in [5, 5.41) is 0. The quantitative estimate of drug-likeness (QED) is 0.655. The first-order chi connectivity index (χ1) is 9.19. The number of aromatic nitrogens is 1. The summed E-state index contributed by atoms with van der Waals surface area (Å²) in [6.07, 6.45) is 1.42. The van der Waals surface area contributed by atoms with E-state index in [1.807, 2.05) is 0 Å². The Kier molecular flexibility index (Phi) is 4.03. The van der Waals surface area contributed by atoms with Crippen LogP contribution in [0.4, 0.5) is 8.78 Å². The van der Waals surface area contributed by atoms with E-state index < -0.39 is 17.7 Å². The number of hydrogen-bond acceptors (Lipinski definition) is 4. The molecule has 0 saturated heterocycles. The molecule has 6 heteroatoms. The zero-order valence-corrected chi connectivity index (χ0v) is 10.2. The van der Waals surface area contributed by atoms with Crippen LogP contribution < -0.4 is 16.0 Å². The van der Waals surface area contributed by atoms with E-state index in [2.05, 4.69) is 10.4 Å². The third kappa shape index (κ3) is 2.54. The molecule has 2 aromatic rings. The minimum Gasteiger partial charge on any atom is -0.494 e. The van der Waals surface area contributed by atoms with Gasteiger partial charge in [-0.15, -0.1) is 0 Å². The molecule has 1 unspecified atom stereocenters. The van der Waals surface area contributed by atoms with Crippen LogP contribution in [0.5, 0.6) is 5.75 Å². The molecule has 2 rings (SSSR count). The van der Waals surface area contributed by atoms with Gasteiger partial charge >= 0.3 is 0 Å². The Labute approximate surface area is 109 Å². The number of benzene rings is 1. The fourth-order valence-electron chi connectivity index (χ4n) is 1.83. The SMILES string of the molecule is COc1cccc(C(NN)c2ncccc2F)c1F. The molecule has 0 radical (unpaired) electrons. The number of nitrogens with zero attached hydrogens (tertiary/aromatic N) is 1. The first-order valence-electron chi connectivity index (χ1n) is 5.58. The van der Waals surface area contributed by atoms with Gasteiger partial charge in [0.05, 0.1) is 18.8 Å². The van der Waals surface area contributed by atoms with Crippen molar-refractivity contribution in [2.75, 3.05) is 7.11 Å². The topological polar surface area (TPSA) is 60.2 Å². The molecule has 4 nitrogen and oxygen atoms in total. The Bertz CT molecular complexity index is 578. The molecule has 100 valence electrons. The van der Waals surface area contributed by atoms with Crippen LogP contribution in [-0.4, -0.2) is 12.1 Å². The molecule has 0 bridgehead atoms.